The van der Waals surface area contributed by atoms with E-state index in [2.05, 4.69) is 31.4 Å². The van der Waals surface area contributed by atoms with Crippen molar-refractivity contribution in [3.8, 4) is 0 Å². The maximum Gasteiger partial charge on any atom is 0.0406 e. The predicted octanol–water partition coefficient (Wildman–Crippen LogP) is 5.22. The lowest BCUT2D eigenvalue weighted by Crippen LogP contribution is -2.27. The summed E-state index contributed by atoms with van der Waals surface area (Å²) in [5, 5.41) is 4.25. The Morgan fingerprint density at radius 1 is 1.00 bits per heavy atom. The van der Waals surface area contributed by atoms with E-state index in [4.69, 9.17) is 11.6 Å². The molecule has 0 amide bonds. The van der Waals surface area contributed by atoms with E-state index < -0.39 is 0 Å². The first kappa shape index (κ1) is 16.5. The van der Waals surface area contributed by atoms with Crippen LogP contribution < -0.4 is 5.32 Å². The van der Waals surface area contributed by atoms with E-state index in [1.807, 2.05) is 12.1 Å². The molecule has 0 bridgehead atoms. The second-order valence-corrected chi connectivity index (χ2v) is 5.81. The van der Waals surface area contributed by atoms with Gasteiger partial charge in [-0.3, -0.25) is 0 Å². The molecule has 1 aromatic carbocycles. The Labute approximate surface area is 123 Å². The summed E-state index contributed by atoms with van der Waals surface area (Å²) in [7, 11) is 2.07. The van der Waals surface area contributed by atoms with Crippen LogP contribution in [0, 0.1) is 0 Å². The van der Waals surface area contributed by atoms with Gasteiger partial charge in [-0.25, -0.2) is 0 Å². The molecular formula is C17H28ClN. The van der Waals surface area contributed by atoms with Gasteiger partial charge >= 0.3 is 0 Å². The quantitative estimate of drug-likeness (QED) is 0.580. The van der Waals surface area contributed by atoms with E-state index in [9.17, 15) is 0 Å². The molecule has 1 atom stereocenters. The Morgan fingerprint density at radius 2 is 1.63 bits per heavy atom. The maximum atomic E-state index is 5.91. The van der Waals surface area contributed by atoms with Crippen LogP contribution >= 0.6 is 11.6 Å². The Bertz CT molecular complexity index is 321. The molecule has 1 unspecified atom stereocenters. The van der Waals surface area contributed by atoms with Crippen LogP contribution in [-0.4, -0.2) is 13.1 Å². The first-order valence-corrected chi connectivity index (χ1v) is 8.05. The van der Waals surface area contributed by atoms with Gasteiger partial charge in [0, 0.05) is 11.1 Å². The van der Waals surface area contributed by atoms with Crippen molar-refractivity contribution in [2.24, 2.45) is 0 Å². The molecule has 0 fully saturated rings. The topological polar surface area (TPSA) is 12.0 Å². The lowest BCUT2D eigenvalue weighted by molar-refractivity contribution is 0.480. The van der Waals surface area contributed by atoms with Crippen LogP contribution in [0.1, 0.15) is 57.4 Å². The van der Waals surface area contributed by atoms with Crippen LogP contribution in [0.15, 0.2) is 24.3 Å². The number of rotatable bonds is 10. The summed E-state index contributed by atoms with van der Waals surface area (Å²) in [6.45, 7) is 2.27. The molecule has 108 valence electrons. The lowest BCUT2D eigenvalue weighted by Gasteiger charge is -2.16. The molecule has 0 aromatic heterocycles. The first-order chi connectivity index (χ1) is 9.26. The monoisotopic (exact) mass is 281 g/mol. The number of hydrogen-bond acceptors (Lipinski definition) is 1. The fourth-order valence-electron chi connectivity index (χ4n) is 2.42. The molecule has 0 heterocycles. The van der Waals surface area contributed by atoms with Crippen molar-refractivity contribution in [3.63, 3.8) is 0 Å². The van der Waals surface area contributed by atoms with Gasteiger partial charge in [0.1, 0.15) is 0 Å². The fourth-order valence-corrected chi connectivity index (χ4v) is 2.55. The average Bonchev–Trinajstić information content (AvgIpc) is 2.43. The van der Waals surface area contributed by atoms with E-state index in [-0.39, 0.29) is 0 Å². The summed E-state index contributed by atoms with van der Waals surface area (Å²) in [5.41, 5.74) is 1.37. The van der Waals surface area contributed by atoms with Crippen LogP contribution in [0.2, 0.25) is 5.02 Å². The zero-order chi connectivity index (χ0) is 13.9. The smallest absolute Gasteiger partial charge is 0.0406 e. The van der Waals surface area contributed by atoms with Crippen molar-refractivity contribution in [1.82, 2.24) is 5.32 Å². The molecule has 2 heteroatoms. The third kappa shape index (κ3) is 7.59. The van der Waals surface area contributed by atoms with Crippen LogP contribution in [0.25, 0.3) is 0 Å². The summed E-state index contributed by atoms with van der Waals surface area (Å²) in [4.78, 5) is 0. The highest BCUT2D eigenvalue weighted by Gasteiger charge is 2.06. The van der Waals surface area contributed by atoms with Gasteiger partial charge in [-0.2, -0.15) is 0 Å². The second kappa shape index (κ2) is 10.3. The third-order valence-corrected chi connectivity index (χ3v) is 3.96. The van der Waals surface area contributed by atoms with Gasteiger partial charge in [-0.1, -0.05) is 69.2 Å². The van der Waals surface area contributed by atoms with Crippen LogP contribution in [0.3, 0.4) is 0 Å². The molecule has 1 aromatic rings. The van der Waals surface area contributed by atoms with Crippen molar-refractivity contribution in [3.05, 3.63) is 34.9 Å². The largest absolute Gasteiger partial charge is 0.317 e. The minimum Gasteiger partial charge on any atom is -0.317 e. The second-order valence-electron chi connectivity index (χ2n) is 5.37. The van der Waals surface area contributed by atoms with E-state index in [1.165, 1.54) is 50.5 Å². The van der Waals surface area contributed by atoms with Gasteiger partial charge < -0.3 is 5.32 Å². The molecule has 0 aliphatic heterocycles. The first-order valence-electron chi connectivity index (χ1n) is 7.68. The van der Waals surface area contributed by atoms with Crippen molar-refractivity contribution in [1.29, 1.82) is 0 Å². The summed E-state index contributed by atoms with van der Waals surface area (Å²) in [5.74, 6) is 0. The molecule has 0 radical (unpaired) electrons. The minimum absolute atomic E-state index is 0.590. The number of hydrogen-bond donors (Lipinski definition) is 1. The third-order valence-electron chi connectivity index (χ3n) is 3.71. The highest BCUT2D eigenvalue weighted by molar-refractivity contribution is 6.30. The number of nitrogens with one attached hydrogen (secondary N) is 1. The molecule has 0 aliphatic rings. The van der Waals surface area contributed by atoms with E-state index in [0.29, 0.717) is 6.04 Å². The van der Waals surface area contributed by atoms with Gasteiger partial charge in [0.15, 0.2) is 0 Å². The SMILES string of the molecule is CCCCCCCCC(Cc1ccc(Cl)cc1)NC. The van der Waals surface area contributed by atoms with Crippen molar-refractivity contribution >= 4 is 11.6 Å². The highest BCUT2D eigenvalue weighted by atomic mass is 35.5. The van der Waals surface area contributed by atoms with Gasteiger partial charge in [0.2, 0.25) is 0 Å². The predicted molar refractivity (Wildman–Crippen MR) is 86.0 cm³/mol. The molecule has 0 saturated heterocycles. The zero-order valence-corrected chi connectivity index (χ0v) is 13.2. The summed E-state index contributed by atoms with van der Waals surface area (Å²) in [6, 6.07) is 8.82. The molecule has 1 rings (SSSR count). The Morgan fingerprint density at radius 3 is 2.26 bits per heavy atom. The Kier molecular flexibility index (Phi) is 8.94. The Hall–Kier alpha value is -0.530. The zero-order valence-electron chi connectivity index (χ0n) is 12.4. The van der Waals surface area contributed by atoms with E-state index in [1.54, 1.807) is 0 Å². The van der Waals surface area contributed by atoms with Gasteiger partial charge in [-0.15, -0.1) is 0 Å². The van der Waals surface area contributed by atoms with Crippen molar-refractivity contribution in [2.45, 2.75) is 64.3 Å². The standard InChI is InChI=1S/C17H28ClN/c1-3-4-5-6-7-8-9-17(19-2)14-15-10-12-16(18)13-11-15/h10-13,17,19H,3-9,14H2,1-2H3. The average molecular weight is 282 g/mol. The summed E-state index contributed by atoms with van der Waals surface area (Å²) >= 11 is 5.91. The number of halogens is 1. The van der Waals surface area contributed by atoms with Gasteiger partial charge in [0.05, 0.1) is 0 Å². The molecular weight excluding hydrogens is 254 g/mol. The molecule has 1 N–H and O–H groups in total. The van der Waals surface area contributed by atoms with E-state index >= 15 is 0 Å². The van der Waals surface area contributed by atoms with Crippen molar-refractivity contribution in [2.75, 3.05) is 7.05 Å². The number of likely N-dealkylation sites (N-methyl/N-ethyl adjacent to an activating group) is 1. The Balaban J connectivity index is 2.20. The molecule has 1 nitrogen and oxygen atoms in total. The highest BCUT2D eigenvalue weighted by Crippen LogP contribution is 2.14. The maximum absolute atomic E-state index is 5.91. The van der Waals surface area contributed by atoms with Crippen LogP contribution in [0.5, 0.6) is 0 Å². The fraction of sp³-hybridized carbons (Fsp3) is 0.647. The molecule has 0 spiro atoms. The molecule has 0 aliphatic carbocycles. The number of benzene rings is 1. The summed E-state index contributed by atoms with van der Waals surface area (Å²) in [6.07, 6.45) is 10.6. The van der Waals surface area contributed by atoms with Crippen LogP contribution in [0.4, 0.5) is 0 Å². The van der Waals surface area contributed by atoms with Gasteiger partial charge in [-0.05, 0) is 37.6 Å². The lowest BCUT2D eigenvalue weighted by atomic mass is 10.00. The van der Waals surface area contributed by atoms with Crippen LogP contribution in [-0.2, 0) is 6.42 Å². The van der Waals surface area contributed by atoms with Crippen molar-refractivity contribution < 1.29 is 0 Å². The summed E-state index contributed by atoms with van der Waals surface area (Å²) < 4.78 is 0. The van der Waals surface area contributed by atoms with E-state index in [0.717, 1.165) is 11.4 Å². The minimum atomic E-state index is 0.590. The molecule has 19 heavy (non-hydrogen) atoms. The van der Waals surface area contributed by atoms with Gasteiger partial charge in [0.25, 0.3) is 0 Å². The number of unbranched alkanes of at least 4 members (excludes halogenated alkanes) is 5. The molecule has 0 saturated carbocycles. The normalized spacial score (nSPS) is 12.6.